The molecule has 1 aromatic heterocycles. The van der Waals surface area contributed by atoms with Crippen molar-refractivity contribution in [2.45, 2.75) is 52.0 Å². The molecule has 3 rings (SSSR count). The van der Waals surface area contributed by atoms with Crippen molar-refractivity contribution >= 4 is 17.5 Å². The minimum atomic E-state index is 0.0432. The monoisotopic (exact) mass is 395 g/mol. The molecule has 6 heteroatoms. The largest absolute Gasteiger partial charge is 0.370 e. The molecule has 2 atom stereocenters. The highest BCUT2D eigenvalue weighted by molar-refractivity contribution is 5.76. The number of rotatable bonds is 9. The number of nitrogens with zero attached hydrogens (tertiary/aromatic N) is 3. The Hall–Kier alpha value is -2.63. The fraction of sp³-hybridized carbons (Fsp3) is 0.522. The van der Waals surface area contributed by atoms with Crippen molar-refractivity contribution in [3.63, 3.8) is 0 Å². The van der Waals surface area contributed by atoms with Crippen LogP contribution in [0.15, 0.2) is 42.7 Å². The van der Waals surface area contributed by atoms with E-state index in [-0.39, 0.29) is 11.9 Å². The highest BCUT2D eigenvalue weighted by Gasteiger charge is 2.22. The Labute approximate surface area is 174 Å². The summed E-state index contributed by atoms with van der Waals surface area (Å²) in [6.45, 7) is 7.05. The summed E-state index contributed by atoms with van der Waals surface area (Å²) in [6, 6.07) is 12.2. The molecule has 2 aromatic rings. The number of hydrogen-bond acceptors (Lipinski definition) is 5. The fourth-order valence-corrected chi connectivity index (χ4v) is 3.85. The third kappa shape index (κ3) is 6.44. The number of carbonyl (C=O) groups excluding carboxylic acids is 1. The van der Waals surface area contributed by atoms with Gasteiger partial charge in [0.25, 0.3) is 0 Å². The average molecular weight is 396 g/mol. The predicted molar refractivity (Wildman–Crippen MR) is 118 cm³/mol. The van der Waals surface area contributed by atoms with E-state index in [1.807, 2.05) is 31.2 Å². The van der Waals surface area contributed by atoms with Gasteiger partial charge in [-0.2, -0.15) is 0 Å². The van der Waals surface area contributed by atoms with E-state index >= 15 is 0 Å². The third-order valence-electron chi connectivity index (χ3n) is 5.51. The highest BCUT2D eigenvalue weighted by atomic mass is 16.1. The zero-order chi connectivity index (χ0) is 20.5. The molecule has 1 aliphatic heterocycles. The molecule has 0 bridgehead atoms. The van der Waals surface area contributed by atoms with Crippen LogP contribution >= 0.6 is 0 Å². The normalized spacial score (nSPS) is 17.6. The van der Waals surface area contributed by atoms with E-state index in [1.165, 1.54) is 6.42 Å². The van der Waals surface area contributed by atoms with Crippen molar-refractivity contribution in [1.29, 1.82) is 0 Å². The van der Waals surface area contributed by atoms with Gasteiger partial charge in [-0.3, -0.25) is 4.79 Å². The fourth-order valence-electron chi connectivity index (χ4n) is 3.85. The molecule has 1 amide bonds. The van der Waals surface area contributed by atoms with Crippen LogP contribution in [-0.2, 0) is 4.79 Å². The number of benzene rings is 1. The van der Waals surface area contributed by atoms with Crippen LogP contribution in [-0.4, -0.2) is 35.5 Å². The molecule has 29 heavy (non-hydrogen) atoms. The summed E-state index contributed by atoms with van der Waals surface area (Å²) in [7, 11) is 0. The van der Waals surface area contributed by atoms with Crippen LogP contribution in [0, 0.1) is 5.92 Å². The van der Waals surface area contributed by atoms with E-state index in [0.717, 1.165) is 56.1 Å². The molecule has 1 aromatic carbocycles. The number of anilines is 2. The highest BCUT2D eigenvalue weighted by Crippen LogP contribution is 2.25. The van der Waals surface area contributed by atoms with Crippen LogP contribution in [0.3, 0.4) is 0 Å². The zero-order valence-electron chi connectivity index (χ0n) is 17.6. The SMILES string of the molecule is CCCNc1cc(N2CCC[C@H](CCC(=O)N[C@H](C)c3ccccc3)C2)ncn1. The van der Waals surface area contributed by atoms with Crippen molar-refractivity contribution in [2.75, 3.05) is 29.9 Å². The Morgan fingerprint density at radius 2 is 2.10 bits per heavy atom. The maximum Gasteiger partial charge on any atom is 0.220 e. The first kappa shape index (κ1) is 21.1. The minimum absolute atomic E-state index is 0.0432. The molecule has 1 aliphatic rings. The summed E-state index contributed by atoms with van der Waals surface area (Å²) in [5, 5.41) is 6.45. The summed E-state index contributed by atoms with van der Waals surface area (Å²) >= 11 is 0. The van der Waals surface area contributed by atoms with Gasteiger partial charge >= 0.3 is 0 Å². The van der Waals surface area contributed by atoms with Crippen molar-refractivity contribution in [3.05, 3.63) is 48.3 Å². The Morgan fingerprint density at radius 3 is 2.90 bits per heavy atom. The molecule has 2 N–H and O–H groups in total. The predicted octanol–water partition coefficient (Wildman–Crippen LogP) is 4.17. The number of piperidine rings is 1. The Balaban J connectivity index is 1.48. The van der Waals surface area contributed by atoms with Crippen LogP contribution in [0.1, 0.15) is 57.6 Å². The lowest BCUT2D eigenvalue weighted by molar-refractivity contribution is -0.122. The first-order valence-corrected chi connectivity index (χ1v) is 10.8. The Morgan fingerprint density at radius 1 is 1.28 bits per heavy atom. The molecule has 1 fully saturated rings. The second kappa shape index (κ2) is 10.8. The second-order valence-corrected chi connectivity index (χ2v) is 7.88. The first-order valence-electron chi connectivity index (χ1n) is 10.8. The maximum atomic E-state index is 12.4. The van der Waals surface area contributed by atoms with Crippen LogP contribution in [0.4, 0.5) is 11.6 Å². The molecule has 2 heterocycles. The van der Waals surface area contributed by atoms with E-state index in [1.54, 1.807) is 6.33 Å². The first-order chi connectivity index (χ1) is 14.2. The average Bonchev–Trinajstić information content (AvgIpc) is 2.77. The van der Waals surface area contributed by atoms with Crippen molar-refractivity contribution in [2.24, 2.45) is 5.92 Å². The lowest BCUT2D eigenvalue weighted by Crippen LogP contribution is -2.36. The summed E-state index contributed by atoms with van der Waals surface area (Å²) in [4.78, 5) is 23.5. The number of carbonyl (C=O) groups is 1. The lowest BCUT2D eigenvalue weighted by Gasteiger charge is -2.33. The smallest absolute Gasteiger partial charge is 0.220 e. The van der Waals surface area contributed by atoms with Crippen LogP contribution in [0.5, 0.6) is 0 Å². The van der Waals surface area contributed by atoms with Gasteiger partial charge < -0.3 is 15.5 Å². The van der Waals surface area contributed by atoms with Crippen LogP contribution < -0.4 is 15.5 Å². The topological polar surface area (TPSA) is 70.2 Å². The Bertz CT molecular complexity index is 767. The molecule has 0 unspecified atom stereocenters. The summed E-state index contributed by atoms with van der Waals surface area (Å²) in [5.74, 6) is 2.51. The molecule has 156 valence electrons. The minimum Gasteiger partial charge on any atom is -0.370 e. The molecule has 6 nitrogen and oxygen atoms in total. The maximum absolute atomic E-state index is 12.4. The molecule has 0 spiro atoms. The number of amides is 1. The lowest BCUT2D eigenvalue weighted by atomic mass is 9.93. The molecule has 1 saturated heterocycles. The number of hydrogen-bond donors (Lipinski definition) is 2. The Kier molecular flexibility index (Phi) is 7.85. The molecule has 0 radical (unpaired) electrons. The molecular weight excluding hydrogens is 362 g/mol. The number of aromatic nitrogens is 2. The van der Waals surface area contributed by atoms with Crippen LogP contribution in [0.25, 0.3) is 0 Å². The van der Waals surface area contributed by atoms with Gasteiger partial charge in [0, 0.05) is 32.1 Å². The quantitative estimate of drug-likeness (QED) is 0.667. The standard InChI is InChI=1S/C23H33N5O/c1-3-13-24-21-15-22(26-17-25-21)28-14-7-8-19(16-28)11-12-23(29)27-18(2)20-9-5-4-6-10-20/h4-6,9-10,15,17-19H,3,7-8,11-14,16H2,1-2H3,(H,27,29)(H,24,25,26)/t18-,19-/m1/s1. The van der Waals surface area contributed by atoms with E-state index < -0.39 is 0 Å². The van der Waals surface area contributed by atoms with E-state index in [0.29, 0.717) is 12.3 Å². The zero-order valence-corrected chi connectivity index (χ0v) is 17.6. The van der Waals surface area contributed by atoms with Gasteiger partial charge in [-0.1, -0.05) is 37.3 Å². The molecule has 0 aliphatic carbocycles. The second-order valence-electron chi connectivity index (χ2n) is 7.88. The summed E-state index contributed by atoms with van der Waals surface area (Å²) in [5.41, 5.74) is 1.14. The van der Waals surface area contributed by atoms with Gasteiger partial charge in [-0.05, 0) is 44.1 Å². The van der Waals surface area contributed by atoms with Gasteiger partial charge in [0.2, 0.25) is 5.91 Å². The van der Waals surface area contributed by atoms with Gasteiger partial charge in [0.15, 0.2) is 0 Å². The van der Waals surface area contributed by atoms with Crippen LogP contribution in [0.2, 0.25) is 0 Å². The number of nitrogens with one attached hydrogen (secondary N) is 2. The van der Waals surface area contributed by atoms with E-state index in [4.69, 9.17) is 0 Å². The van der Waals surface area contributed by atoms with Crippen molar-refractivity contribution in [1.82, 2.24) is 15.3 Å². The van der Waals surface area contributed by atoms with Gasteiger partial charge in [-0.15, -0.1) is 0 Å². The van der Waals surface area contributed by atoms with Crippen molar-refractivity contribution < 1.29 is 4.79 Å². The van der Waals surface area contributed by atoms with Crippen molar-refractivity contribution in [3.8, 4) is 0 Å². The van der Waals surface area contributed by atoms with Gasteiger partial charge in [0.1, 0.15) is 18.0 Å². The van der Waals surface area contributed by atoms with E-state index in [9.17, 15) is 4.79 Å². The van der Waals surface area contributed by atoms with E-state index in [2.05, 4.69) is 44.6 Å². The molecule has 0 saturated carbocycles. The summed E-state index contributed by atoms with van der Waals surface area (Å²) < 4.78 is 0. The third-order valence-corrected chi connectivity index (χ3v) is 5.51. The van der Waals surface area contributed by atoms with Gasteiger partial charge in [-0.25, -0.2) is 9.97 Å². The molecular formula is C23H33N5O. The summed E-state index contributed by atoms with van der Waals surface area (Å²) in [6.07, 6.45) is 6.49. The van der Waals surface area contributed by atoms with Gasteiger partial charge in [0.05, 0.1) is 6.04 Å².